The van der Waals surface area contributed by atoms with E-state index in [-0.39, 0.29) is 5.91 Å². The Hall–Kier alpha value is -1.75. The first kappa shape index (κ1) is 13.2. The molecule has 0 aliphatic heterocycles. The molecular formula is C15H17N3OS. The van der Waals surface area contributed by atoms with Crippen LogP contribution < -0.4 is 5.32 Å². The first-order valence-electron chi connectivity index (χ1n) is 6.97. The van der Waals surface area contributed by atoms with Crippen molar-refractivity contribution in [3.05, 3.63) is 45.7 Å². The molecule has 0 atom stereocenters. The summed E-state index contributed by atoms with van der Waals surface area (Å²) < 4.78 is 0. The van der Waals surface area contributed by atoms with Gasteiger partial charge in [0.2, 0.25) is 0 Å². The number of rotatable bonds is 4. The summed E-state index contributed by atoms with van der Waals surface area (Å²) in [5, 5.41) is 5.13. The molecule has 20 heavy (non-hydrogen) atoms. The quantitative estimate of drug-likeness (QED) is 0.939. The van der Waals surface area contributed by atoms with Gasteiger partial charge in [0.15, 0.2) is 0 Å². The summed E-state index contributed by atoms with van der Waals surface area (Å²) in [6, 6.07) is 0. The van der Waals surface area contributed by atoms with E-state index in [0.717, 1.165) is 23.4 Å². The Morgan fingerprint density at radius 1 is 1.30 bits per heavy atom. The maximum Gasteiger partial charge on any atom is 0.261 e. The number of nitrogens with zero attached hydrogens (tertiary/aromatic N) is 2. The molecule has 0 spiro atoms. The van der Waals surface area contributed by atoms with Crippen LogP contribution in [0.1, 0.15) is 39.3 Å². The monoisotopic (exact) mass is 287 g/mol. The lowest BCUT2D eigenvalue weighted by molar-refractivity contribution is 0.0957. The lowest BCUT2D eigenvalue weighted by Gasteiger charge is -2.12. The van der Waals surface area contributed by atoms with E-state index in [2.05, 4.69) is 20.7 Å². The number of aromatic nitrogens is 2. The molecule has 1 N–H and O–H groups in total. The minimum absolute atomic E-state index is 0.0574. The molecule has 2 heterocycles. The van der Waals surface area contributed by atoms with Gasteiger partial charge in [-0.3, -0.25) is 14.8 Å². The number of fused-ring (bicyclic) bond motifs is 1. The number of hydrogen-bond acceptors (Lipinski definition) is 4. The second-order valence-electron chi connectivity index (χ2n) is 4.98. The molecule has 3 rings (SSSR count). The van der Waals surface area contributed by atoms with Crippen LogP contribution in [0.2, 0.25) is 0 Å². The highest BCUT2D eigenvalue weighted by molar-refractivity contribution is 7.12. The van der Waals surface area contributed by atoms with Gasteiger partial charge in [-0.2, -0.15) is 0 Å². The smallest absolute Gasteiger partial charge is 0.261 e. The molecule has 1 aliphatic carbocycles. The van der Waals surface area contributed by atoms with Gasteiger partial charge in [-0.1, -0.05) is 0 Å². The summed E-state index contributed by atoms with van der Waals surface area (Å²) in [6.07, 6.45) is 10.4. The second-order valence-corrected chi connectivity index (χ2v) is 5.86. The van der Waals surface area contributed by atoms with E-state index in [1.807, 2.05) is 0 Å². The molecule has 0 unspecified atom stereocenters. The molecule has 0 saturated carbocycles. The predicted octanol–water partition coefficient (Wildman–Crippen LogP) is 2.39. The molecule has 0 radical (unpaired) electrons. The number of carbonyl (C=O) groups excluding carboxylic acids is 1. The van der Waals surface area contributed by atoms with Crippen LogP contribution in [0.25, 0.3) is 0 Å². The number of nitrogens with one attached hydrogen (secondary N) is 1. The van der Waals surface area contributed by atoms with Gasteiger partial charge in [-0.15, -0.1) is 11.3 Å². The largest absolute Gasteiger partial charge is 0.351 e. The van der Waals surface area contributed by atoms with Crippen LogP contribution in [0, 0.1) is 0 Å². The Labute approximate surface area is 122 Å². The van der Waals surface area contributed by atoms with Gasteiger partial charge in [0.25, 0.3) is 5.91 Å². The average Bonchev–Trinajstić information content (AvgIpc) is 2.92. The Balaban J connectivity index is 1.58. The third-order valence-electron chi connectivity index (χ3n) is 3.59. The van der Waals surface area contributed by atoms with Gasteiger partial charge in [0.05, 0.1) is 10.6 Å². The number of carbonyl (C=O) groups is 1. The standard InChI is InChI=1S/C15H17N3OS/c19-15(18-6-5-12-9-16-7-8-17-12)14-13-4-2-1-3-11(13)10-20-14/h7-10H,1-6H2,(H,18,19). The first-order chi connectivity index (χ1) is 9.84. The highest BCUT2D eigenvalue weighted by Gasteiger charge is 2.19. The van der Waals surface area contributed by atoms with Crippen LogP contribution in [0.4, 0.5) is 0 Å². The van der Waals surface area contributed by atoms with Crippen molar-refractivity contribution < 1.29 is 4.79 Å². The van der Waals surface area contributed by atoms with E-state index in [1.54, 1.807) is 29.9 Å². The van der Waals surface area contributed by atoms with Gasteiger partial charge in [0, 0.05) is 31.6 Å². The molecule has 0 bridgehead atoms. The summed E-state index contributed by atoms with van der Waals surface area (Å²) in [4.78, 5) is 21.3. The SMILES string of the molecule is O=C(NCCc1cnccn1)c1scc2c1CCCC2. The highest BCUT2D eigenvalue weighted by atomic mass is 32.1. The van der Waals surface area contributed by atoms with Crippen LogP contribution in [0.15, 0.2) is 24.0 Å². The summed E-state index contributed by atoms with van der Waals surface area (Å²) in [7, 11) is 0. The fourth-order valence-electron chi connectivity index (χ4n) is 2.55. The molecule has 5 heteroatoms. The van der Waals surface area contributed by atoms with Crippen molar-refractivity contribution in [3.63, 3.8) is 0 Å². The number of hydrogen-bond donors (Lipinski definition) is 1. The first-order valence-corrected chi connectivity index (χ1v) is 7.85. The van der Waals surface area contributed by atoms with Gasteiger partial charge < -0.3 is 5.32 Å². The second kappa shape index (κ2) is 6.13. The molecule has 2 aromatic rings. The molecule has 104 valence electrons. The molecule has 4 nitrogen and oxygen atoms in total. The van der Waals surface area contributed by atoms with E-state index in [0.29, 0.717) is 13.0 Å². The zero-order valence-electron chi connectivity index (χ0n) is 11.3. The van der Waals surface area contributed by atoms with Crippen LogP contribution >= 0.6 is 11.3 Å². The molecular weight excluding hydrogens is 270 g/mol. The number of amides is 1. The van der Waals surface area contributed by atoms with Crippen LogP contribution in [0.3, 0.4) is 0 Å². The molecule has 0 saturated heterocycles. The molecule has 0 aromatic carbocycles. The lowest BCUT2D eigenvalue weighted by atomic mass is 9.94. The number of aryl methyl sites for hydroxylation is 1. The highest BCUT2D eigenvalue weighted by Crippen LogP contribution is 2.29. The van der Waals surface area contributed by atoms with E-state index in [4.69, 9.17) is 0 Å². The summed E-state index contributed by atoms with van der Waals surface area (Å²) in [5.74, 6) is 0.0574. The minimum Gasteiger partial charge on any atom is -0.351 e. The normalized spacial score (nSPS) is 13.8. The molecule has 1 aliphatic rings. The van der Waals surface area contributed by atoms with Gasteiger partial charge in [-0.25, -0.2) is 0 Å². The summed E-state index contributed by atoms with van der Waals surface area (Å²) in [5.41, 5.74) is 3.56. The average molecular weight is 287 g/mol. The fraction of sp³-hybridized carbons (Fsp3) is 0.400. The van der Waals surface area contributed by atoms with E-state index < -0.39 is 0 Å². The third kappa shape index (κ3) is 2.88. The van der Waals surface area contributed by atoms with Crippen molar-refractivity contribution in [2.24, 2.45) is 0 Å². The zero-order valence-corrected chi connectivity index (χ0v) is 12.1. The molecule has 2 aromatic heterocycles. The van der Waals surface area contributed by atoms with Crippen molar-refractivity contribution in [1.29, 1.82) is 0 Å². The lowest BCUT2D eigenvalue weighted by Crippen LogP contribution is -2.26. The Bertz CT molecular complexity index is 594. The Kier molecular flexibility index (Phi) is 4.06. The molecule has 1 amide bonds. The van der Waals surface area contributed by atoms with Crippen LogP contribution in [0.5, 0.6) is 0 Å². The van der Waals surface area contributed by atoms with Gasteiger partial charge in [-0.05, 0) is 42.2 Å². The Morgan fingerprint density at radius 3 is 3.05 bits per heavy atom. The van der Waals surface area contributed by atoms with Crippen molar-refractivity contribution in [2.45, 2.75) is 32.1 Å². The van der Waals surface area contributed by atoms with Crippen LogP contribution in [-0.4, -0.2) is 22.4 Å². The minimum atomic E-state index is 0.0574. The van der Waals surface area contributed by atoms with Crippen molar-refractivity contribution >= 4 is 17.2 Å². The third-order valence-corrected chi connectivity index (χ3v) is 4.66. The maximum absolute atomic E-state index is 12.2. The predicted molar refractivity (Wildman–Crippen MR) is 79.0 cm³/mol. The van der Waals surface area contributed by atoms with Gasteiger partial charge >= 0.3 is 0 Å². The topological polar surface area (TPSA) is 54.9 Å². The van der Waals surface area contributed by atoms with E-state index >= 15 is 0 Å². The van der Waals surface area contributed by atoms with Gasteiger partial charge in [0.1, 0.15) is 0 Å². The van der Waals surface area contributed by atoms with Crippen molar-refractivity contribution in [2.75, 3.05) is 6.54 Å². The zero-order chi connectivity index (χ0) is 13.8. The molecule has 0 fully saturated rings. The maximum atomic E-state index is 12.2. The van der Waals surface area contributed by atoms with Crippen molar-refractivity contribution in [3.8, 4) is 0 Å². The fourth-order valence-corrected chi connectivity index (χ4v) is 3.63. The summed E-state index contributed by atoms with van der Waals surface area (Å²) >= 11 is 1.58. The van der Waals surface area contributed by atoms with Crippen molar-refractivity contribution in [1.82, 2.24) is 15.3 Å². The van der Waals surface area contributed by atoms with Crippen LogP contribution in [-0.2, 0) is 19.3 Å². The van der Waals surface area contributed by atoms with E-state index in [9.17, 15) is 4.79 Å². The number of thiophene rings is 1. The summed E-state index contributed by atoms with van der Waals surface area (Å²) in [6.45, 7) is 0.601. The Morgan fingerprint density at radius 2 is 2.20 bits per heavy atom. The van der Waals surface area contributed by atoms with E-state index in [1.165, 1.54) is 24.0 Å².